The van der Waals surface area contributed by atoms with Crippen molar-refractivity contribution in [3.8, 4) is 0 Å². The second-order valence-electron chi connectivity index (χ2n) is 4.43. The minimum absolute atomic E-state index is 0.0571. The highest BCUT2D eigenvalue weighted by molar-refractivity contribution is 9.10. The number of rotatable bonds is 5. The van der Waals surface area contributed by atoms with Crippen molar-refractivity contribution >= 4 is 31.7 Å². The number of hydroxylamine groups is 1. The molecule has 1 unspecified atom stereocenters. The van der Waals surface area contributed by atoms with Gasteiger partial charge in [-0.3, -0.25) is 10.0 Å². The van der Waals surface area contributed by atoms with Crippen LogP contribution in [0.3, 0.4) is 0 Å². The number of halogens is 1. The summed E-state index contributed by atoms with van der Waals surface area (Å²) in [6.45, 7) is 1.29. The number of hydrogen-bond donors (Lipinski definition) is 2. The Bertz CT molecular complexity index is 559. The monoisotopic (exact) mass is 350 g/mol. The molecule has 0 saturated heterocycles. The third-order valence-corrected chi connectivity index (χ3v) is 5.57. The predicted molar refractivity (Wildman–Crippen MR) is 73.4 cm³/mol. The van der Waals surface area contributed by atoms with Gasteiger partial charge < -0.3 is 0 Å². The van der Waals surface area contributed by atoms with Crippen molar-refractivity contribution < 1.29 is 18.4 Å². The van der Waals surface area contributed by atoms with E-state index in [1.807, 2.05) is 0 Å². The zero-order valence-corrected chi connectivity index (χ0v) is 13.0. The van der Waals surface area contributed by atoms with Crippen LogP contribution in [-0.4, -0.2) is 35.5 Å². The molecule has 1 heterocycles. The molecule has 0 fully saturated rings. The SMILES string of the molecule is CC(CCc1ccc(Br)nc1)(C(=O)NO)S(C)(=O)=O. The van der Waals surface area contributed by atoms with E-state index in [9.17, 15) is 13.2 Å². The Balaban J connectivity index is 2.92. The second kappa shape index (κ2) is 5.98. The van der Waals surface area contributed by atoms with Gasteiger partial charge in [-0.05, 0) is 47.3 Å². The molecule has 0 aromatic carbocycles. The zero-order chi connectivity index (χ0) is 14.7. The predicted octanol–water partition coefficient (Wildman–Crippen LogP) is 1.09. The highest BCUT2D eigenvalue weighted by Crippen LogP contribution is 2.23. The van der Waals surface area contributed by atoms with Gasteiger partial charge in [0.05, 0.1) is 0 Å². The second-order valence-corrected chi connectivity index (χ2v) is 7.69. The van der Waals surface area contributed by atoms with Gasteiger partial charge in [-0.2, -0.15) is 0 Å². The average Bonchev–Trinajstić information content (AvgIpc) is 2.35. The van der Waals surface area contributed by atoms with Crippen LogP contribution in [0, 0.1) is 0 Å². The number of amides is 1. The number of sulfone groups is 1. The molecule has 6 nitrogen and oxygen atoms in total. The molecule has 0 aliphatic carbocycles. The third kappa shape index (κ3) is 3.74. The maximum absolute atomic E-state index is 11.7. The summed E-state index contributed by atoms with van der Waals surface area (Å²) in [5.74, 6) is -0.930. The summed E-state index contributed by atoms with van der Waals surface area (Å²) in [6.07, 6.45) is 2.99. The summed E-state index contributed by atoms with van der Waals surface area (Å²) in [4.78, 5) is 15.6. The lowest BCUT2D eigenvalue weighted by Gasteiger charge is -2.24. The van der Waals surface area contributed by atoms with Gasteiger partial charge in [-0.25, -0.2) is 18.9 Å². The van der Waals surface area contributed by atoms with Crippen molar-refractivity contribution in [3.05, 3.63) is 28.5 Å². The molecule has 0 aliphatic heterocycles. The summed E-state index contributed by atoms with van der Waals surface area (Å²) in [6, 6.07) is 3.52. The highest BCUT2D eigenvalue weighted by Gasteiger charge is 2.43. The number of nitrogens with zero attached hydrogens (tertiary/aromatic N) is 1. The van der Waals surface area contributed by atoms with E-state index in [-0.39, 0.29) is 6.42 Å². The Hall–Kier alpha value is -0.990. The minimum atomic E-state index is -3.66. The lowest BCUT2D eigenvalue weighted by atomic mass is 10.0. The minimum Gasteiger partial charge on any atom is -0.289 e. The van der Waals surface area contributed by atoms with Crippen molar-refractivity contribution in [1.82, 2.24) is 10.5 Å². The summed E-state index contributed by atoms with van der Waals surface area (Å²) in [5.41, 5.74) is 2.23. The molecule has 2 N–H and O–H groups in total. The molecule has 0 radical (unpaired) electrons. The maximum atomic E-state index is 11.7. The summed E-state index contributed by atoms with van der Waals surface area (Å²) in [5, 5.41) is 8.68. The number of pyridine rings is 1. The third-order valence-electron chi connectivity index (χ3n) is 3.08. The molecule has 8 heteroatoms. The fourth-order valence-corrected chi connectivity index (χ4v) is 2.61. The molecule has 106 valence electrons. The molecular weight excluding hydrogens is 336 g/mol. The van der Waals surface area contributed by atoms with Gasteiger partial charge >= 0.3 is 0 Å². The van der Waals surface area contributed by atoms with Crippen molar-refractivity contribution in [2.45, 2.75) is 24.5 Å². The summed E-state index contributed by atoms with van der Waals surface area (Å²) < 4.78 is 22.5. The molecule has 1 aromatic heterocycles. The van der Waals surface area contributed by atoms with Crippen LogP contribution < -0.4 is 5.48 Å². The molecular formula is C11H15BrN2O4S. The highest BCUT2D eigenvalue weighted by atomic mass is 79.9. The molecule has 0 spiro atoms. The number of hydrogen-bond acceptors (Lipinski definition) is 5. The molecule has 1 aromatic rings. The number of carbonyl (C=O) groups is 1. The van der Waals surface area contributed by atoms with Crippen LogP contribution in [0.2, 0.25) is 0 Å². The van der Waals surface area contributed by atoms with Gasteiger partial charge in [0.1, 0.15) is 9.35 Å². The zero-order valence-electron chi connectivity index (χ0n) is 10.6. The first-order chi connectivity index (χ1) is 8.70. The molecule has 0 saturated carbocycles. The molecule has 0 bridgehead atoms. The number of nitrogens with one attached hydrogen (secondary N) is 1. The van der Waals surface area contributed by atoms with Crippen LogP contribution in [0.1, 0.15) is 18.9 Å². The lowest BCUT2D eigenvalue weighted by molar-refractivity contribution is -0.131. The van der Waals surface area contributed by atoms with Crippen LogP contribution in [0.4, 0.5) is 0 Å². The fourth-order valence-electron chi connectivity index (χ4n) is 1.52. The van der Waals surface area contributed by atoms with Gasteiger partial charge in [-0.1, -0.05) is 6.07 Å². The molecule has 1 rings (SSSR count). The number of aromatic nitrogens is 1. The first-order valence-corrected chi connectivity index (χ1v) is 8.14. The summed E-state index contributed by atoms with van der Waals surface area (Å²) in [7, 11) is -3.66. The van der Waals surface area contributed by atoms with Crippen LogP contribution >= 0.6 is 15.9 Å². The van der Waals surface area contributed by atoms with Gasteiger partial charge in [0.25, 0.3) is 5.91 Å². The fraction of sp³-hybridized carbons (Fsp3) is 0.455. The van der Waals surface area contributed by atoms with Crippen molar-refractivity contribution in [1.29, 1.82) is 0 Å². The van der Waals surface area contributed by atoms with Gasteiger partial charge in [-0.15, -0.1) is 0 Å². The van der Waals surface area contributed by atoms with Crippen molar-refractivity contribution in [3.63, 3.8) is 0 Å². The smallest absolute Gasteiger partial charge is 0.264 e. The van der Waals surface area contributed by atoms with E-state index in [2.05, 4.69) is 20.9 Å². The number of carbonyl (C=O) groups excluding carboxylic acids is 1. The van der Waals surface area contributed by atoms with Crippen molar-refractivity contribution in [2.24, 2.45) is 0 Å². The Morgan fingerprint density at radius 2 is 2.16 bits per heavy atom. The quantitative estimate of drug-likeness (QED) is 0.470. The van der Waals surface area contributed by atoms with Gasteiger partial charge in [0, 0.05) is 12.5 Å². The number of aryl methyl sites for hydroxylation is 1. The Labute approximate surface area is 120 Å². The molecule has 0 aliphatic rings. The van der Waals surface area contributed by atoms with E-state index in [0.717, 1.165) is 11.8 Å². The van der Waals surface area contributed by atoms with Crippen LogP contribution in [0.25, 0.3) is 0 Å². The molecule has 19 heavy (non-hydrogen) atoms. The van der Waals surface area contributed by atoms with Crippen molar-refractivity contribution in [2.75, 3.05) is 6.26 Å². The Morgan fingerprint density at radius 1 is 1.53 bits per heavy atom. The first-order valence-electron chi connectivity index (χ1n) is 5.45. The van der Waals surface area contributed by atoms with E-state index in [0.29, 0.717) is 11.0 Å². The van der Waals surface area contributed by atoms with Gasteiger partial charge in [0.15, 0.2) is 9.84 Å². The summed E-state index contributed by atoms with van der Waals surface area (Å²) >= 11 is 3.20. The maximum Gasteiger partial charge on any atom is 0.264 e. The van der Waals surface area contributed by atoms with E-state index in [1.165, 1.54) is 12.4 Å². The van der Waals surface area contributed by atoms with E-state index in [1.54, 1.807) is 18.3 Å². The Morgan fingerprint density at radius 3 is 2.58 bits per heavy atom. The normalized spacial score (nSPS) is 14.7. The van der Waals surface area contributed by atoms with Crippen LogP contribution in [-0.2, 0) is 21.1 Å². The van der Waals surface area contributed by atoms with E-state index in [4.69, 9.17) is 5.21 Å². The topological polar surface area (TPSA) is 96.4 Å². The molecule has 1 amide bonds. The van der Waals surface area contributed by atoms with Gasteiger partial charge in [0.2, 0.25) is 0 Å². The van der Waals surface area contributed by atoms with E-state index < -0.39 is 20.5 Å². The first kappa shape index (κ1) is 16.1. The van der Waals surface area contributed by atoms with Crippen LogP contribution in [0.15, 0.2) is 22.9 Å². The standard InChI is InChI=1S/C11H15BrN2O4S/c1-11(10(15)14-16,19(2,17)18)6-5-8-3-4-9(12)13-7-8/h3-4,7,16H,5-6H2,1-2H3,(H,14,15). The average molecular weight is 351 g/mol. The molecule has 1 atom stereocenters. The van der Waals surface area contributed by atoms with E-state index >= 15 is 0 Å². The van der Waals surface area contributed by atoms with Crippen LogP contribution in [0.5, 0.6) is 0 Å². The largest absolute Gasteiger partial charge is 0.289 e. The lowest BCUT2D eigenvalue weighted by Crippen LogP contribution is -2.49. The Kier molecular flexibility index (Phi) is 5.05.